The summed E-state index contributed by atoms with van der Waals surface area (Å²) in [5.74, 6) is -3.13. The Bertz CT molecular complexity index is 718. The number of carboxylic acid groups (broad SMARTS) is 1. The maximum Gasteiger partial charge on any atom is 0.407 e. The van der Waals surface area contributed by atoms with Gasteiger partial charge < -0.3 is 52.2 Å². The first-order valence-corrected chi connectivity index (χ1v) is 10.5. The number of amides is 2. The highest BCUT2D eigenvalue weighted by atomic mass is 16.6. The van der Waals surface area contributed by atoms with Crippen molar-refractivity contribution in [3.63, 3.8) is 0 Å². The number of nitrogens with one attached hydrogen (secondary N) is 4. The summed E-state index contributed by atoms with van der Waals surface area (Å²) in [6.45, 7) is 1.20. The molecule has 1 aliphatic rings. The molecule has 0 saturated carbocycles. The molecule has 11 N–H and O–H groups in total. The molecule has 2 amide bonds. The van der Waals surface area contributed by atoms with Crippen LogP contribution in [0, 0.1) is 5.41 Å². The van der Waals surface area contributed by atoms with E-state index in [0.29, 0.717) is 13.0 Å². The van der Waals surface area contributed by atoms with Crippen molar-refractivity contribution in [1.82, 2.24) is 16.0 Å². The number of guanidine groups is 1. The Balaban J connectivity index is 3.08. The average Bonchev–Trinajstić information content (AvgIpc) is 2.74. The summed E-state index contributed by atoms with van der Waals surface area (Å²) in [6, 6.07) is -2.18. The molecule has 33 heavy (non-hydrogen) atoms. The third kappa shape index (κ3) is 9.51. The number of unbranched alkanes of at least 4 members (excludes halogenated alkanes) is 3. The summed E-state index contributed by atoms with van der Waals surface area (Å²) in [5, 5.41) is 44.2. The van der Waals surface area contributed by atoms with Crippen LogP contribution < -0.4 is 27.4 Å². The second-order valence-electron chi connectivity index (χ2n) is 7.48. The number of carbonyl (C=O) groups is 3. The molecule has 0 unspecified atom stereocenters. The second-order valence-corrected chi connectivity index (χ2v) is 7.48. The number of alkyl carbamates (subject to hydrolysis) is 1. The third-order valence-corrected chi connectivity index (χ3v) is 4.77. The third-order valence-electron chi connectivity index (χ3n) is 4.77. The lowest BCUT2D eigenvalue weighted by atomic mass is 9.92. The molecule has 0 aromatic carbocycles. The summed E-state index contributed by atoms with van der Waals surface area (Å²) >= 11 is 0. The fourth-order valence-corrected chi connectivity index (χ4v) is 3.29. The molecule has 0 spiro atoms. The number of carboxylic acids is 1. The Labute approximate surface area is 191 Å². The molecule has 0 aromatic rings. The van der Waals surface area contributed by atoms with Gasteiger partial charge in [-0.25, -0.2) is 9.59 Å². The number of carbonyl (C=O) groups excluding carboxylic acids is 2. The van der Waals surface area contributed by atoms with Crippen molar-refractivity contribution < 1.29 is 39.2 Å². The van der Waals surface area contributed by atoms with Gasteiger partial charge in [-0.05, 0) is 25.5 Å². The van der Waals surface area contributed by atoms with Crippen LogP contribution in [0.25, 0.3) is 0 Å². The van der Waals surface area contributed by atoms with Gasteiger partial charge in [0.1, 0.15) is 6.10 Å². The van der Waals surface area contributed by atoms with E-state index in [4.69, 9.17) is 26.4 Å². The molecule has 1 rings (SSSR count). The summed E-state index contributed by atoms with van der Waals surface area (Å²) in [5.41, 5.74) is 10.8. The van der Waals surface area contributed by atoms with E-state index in [1.54, 1.807) is 0 Å². The number of aliphatic hydroxyl groups is 2. The summed E-state index contributed by atoms with van der Waals surface area (Å²) in [7, 11) is 0. The Morgan fingerprint density at radius 3 is 2.45 bits per heavy atom. The van der Waals surface area contributed by atoms with E-state index in [2.05, 4.69) is 16.0 Å². The molecule has 0 bridgehead atoms. The number of ether oxygens (including phenoxy) is 2. The first-order chi connectivity index (χ1) is 15.6. The van der Waals surface area contributed by atoms with E-state index in [9.17, 15) is 29.7 Å². The van der Waals surface area contributed by atoms with Gasteiger partial charge in [-0.2, -0.15) is 0 Å². The fraction of sp³-hybridized carbons (Fsp3) is 0.684. The number of nitrogens with two attached hydrogens (primary N) is 2. The monoisotopic (exact) mass is 474 g/mol. The molecule has 5 atom stereocenters. The predicted octanol–water partition coefficient (Wildman–Crippen LogP) is -2.32. The van der Waals surface area contributed by atoms with E-state index in [1.807, 2.05) is 0 Å². The fourth-order valence-electron chi connectivity index (χ4n) is 3.29. The van der Waals surface area contributed by atoms with Crippen LogP contribution in [0.2, 0.25) is 0 Å². The topological polar surface area (TPSA) is 242 Å². The summed E-state index contributed by atoms with van der Waals surface area (Å²) in [4.78, 5) is 35.7. The van der Waals surface area contributed by atoms with Crippen molar-refractivity contribution in [2.24, 2.45) is 11.5 Å². The number of hydrogen-bond acceptors (Lipinski definition) is 9. The van der Waals surface area contributed by atoms with Crippen molar-refractivity contribution in [3.8, 4) is 0 Å². The van der Waals surface area contributed by atoms with Gasteiger partial charge in [0.2, 0.25) is 11.7 Å². The van der Waals surface area contributed by atoms with Crippen molar-refractivity contribution in [2.75, 3.05) is 19.7 Å². The highest BCUT2D eigenvalue weighted by molar-refractivity contribution is 5.85. The van der Waals surface area contributed by atoms with Crippen LogP contribution in [0.5, 0.6) is 0 Å². The van der Waals surface area contributed by atoms with Crippen molar-refractivity contribution in [2.45, 2.75) is 63.0 Å². The molecule has 1 heterocycles. The lowest BCUT2D eigenvalue weighted by molar-refractivity contribution is -0.146. The minimum atomic E-state index is -1.67. The first-order valence-electron chi connectivity index (χ1n) is 10.5. The van der Waals surface area contributed by atoms with Gasteiger partial charge in [-0.15, -0.1) is 0 Å². The van der Waals surface area contributed by atoms with Gasteiger partial charge in [-0.1, -0.05) is 12.8 Å². The average molecular weight is 475 g/mol. The number of rotatable bonds is 13. The van der Waals surface area contributed by atoms with E-state index in [-0.39, 0.29) is 6.54 Å². The lowest BCUT2D eigenvalue weighted by Crippen LogP contribution is -2.65. The lowest BCUT2D eigenvalue weighted by Gasteiger charge is -2.41. The predicted molar refractivity (Wildman–Crippen MR) is 116 cm³/mol. The SMILES string of the molecule is CC(=O)N[C@H]1[C@H]([C@H](OC(=O)NCCCCCCN)[C@H](O)CO)OC(C(=O)O)=C[C@@H]1NC(=N)N. The molecular weight excluding hydrogens is 440 g/mol. The van der Waals surface area contributed by atoms with Crippen LogP contribution in [0.4, 0.5) is 4.79 Å². The molecule has 188 valence electrons. The van der Waals surface area contributed by atoms with Crippen LogP contribution in [0.3, 0.4) is 0 Å². The van der Waals surface area contributed by atoms with E-state index >= 15 is 0 Å². The molecule has 0 saturated heterocycles. The molecule has 0 radical (unpaired) electrons. The number of hydrogen-bond donors (Lipinski definition) is 9. The largest absolute Gasteiger partial charge is 0.477 e. The zero-order valence-corrected chi connectivity index (χ0v) is 18.5. The van der Waals surface area contributed by atoms with Crippen LogP contribution in [0.1, 0.15) is 32.6 Å². The van der Waals surface area contributed by atoms with Gasteiger partial charge >= 0.3 is 12.1 Å². The minimum Gasteiger partial charge on any atom is -0.477 e. The Kier molecular flexibility index (Phi) is 12.0. The van der Waals surface area contributed by atoms with Gasteiger partial charge in [0.15, 0.2) is 18.2 Å². The molecule has 0 aliphatic carbocycles. The van der Waals surface area contributed by atoms with Gasteiger partial charge in [0.05, 0.1) is 18.7 Å². The van der Waals surface area contributed by atoms with E-state index in [1.165, 1.54) is 6.92 Å². The Morgan fingerprint density at radius 2 is 1.91 bits per heavy atom. The standard InChI is InChI=1S/C19H34N6O8/c1-10(27)24-14-11(25-18(21)22)8-13(17(29)30)32-16(14)15(12(28)9-26)33-19(31)23-7-5-3-2-4-6-20/h8,11-12,14-16,26,28H,2-7,9,20H2,1H3,(H,23,31)(H,24,27)(H,29,30)(H4,21,22,25)/t11-,12+,14+,15+,16+/m0/s1. The van der Waals surface area contributed by atoms with Crippen LogP contribution in [0.15, 0.2) is 11.8 Å². The quantitative estimate of drug-likeness (QED) is 0.0779. The molecule has 1 aliphatic heterocycles. The summed E-state index contributed by atoms with van der Waals surface area (Å²) in [6.07, 6.45) is -1.27. The maximum absolute atomic E-state index is 12.3. The smallest absolute Gasteiger partial charge is 0.407 e. The highest BCUT2D eigenvalue weighted by Gasteiger charge is 2.46. The molecule has 0 aromatic heterocycles. The van der Waals surface area contributed by atoms with E-state index < -0.39 is 66.7 Å². The zero-order chi connectivity index (χ0) is 25.0. The van der Waals surface area contributed by atoms with Gasteiger partial charge in [-0.3, -0.25) is 10.2 Å². The van der Waals surface area contributed by atoms with Crippen LogP contribution >= 0.6 is 0 Å². The first kappa shape index (κ1) is 27.9. The van der Waals surface area contributed by atoms with Crippen LogP contribution in [-0.4, -0.2) is 89.3 Å². The molecule has 14 nitrogen and oxygen atoms in total. The number of aliphatic carboxylic acids is 1. The van der Waals surface area contributed by atoms with Gasteiger partial charge in [0.25, 0.3) is 0 Å². The zero-order valence-electron chi connectivity index (χ0n) is 18.5. The van der Waals surface area contributed by atoms with Gasteiger partial charge in [0, 0.05) is 13.5 Å². The summed E-state index contributed by atoms with van der Waals surface area (Å²) < 4.78 is 10.7. The normalized spacial score (nSPS) is 21.6. The molecule has 14 heteroatoms. The minimum absolute atomic E-state index is 0.279. The molecular formula is C19H34N6O8. The second kappa shape index (κ2) is 14.1. The molecule has 0 fully saturated rings. The van der Waals surface area contributed by atoms with E-state index in [0.717, 1.165) is 25.3 Å². The Morgan fingerprint density at radius 1 is 1.24 bits per heavy atom. The maximum atomic E-state index is 12.3. The van der Waals surface area contributed by atoms with Crippen molar-refractivity contribution in [1.29, 1.82) is 5.41 Å². The number of aliphatic hydroxyl groups excluding tert-OH is 2. The Hall–Kier alpha value is -3.10. The highest BCUT2D eigenvalue weighted by Crippen LogP contribution is 2.25. The van der Waals surface area contributed by atoms with Crippen molar-refractivity contribution in [3.05, 3.63) is 11.8 Å². The van der Waals surface area contributed by atoms with Crippen molar-refractivity contribution >= 4 is 23.9 Å². The van der Waals surface area contributed by atoms with Crippen LogP contribution in [-0.2, 0) is 19.1 Å².